The smallest absolute Gasteiger partial charge is 0.306 e. The van der Waals surface area contributed by atoms with Gasteiger partial charge >= 0.3 is 5.97 Å². The monoisotopic (exact) mass is 434 g/mol. The molecule has 3 nitrogen and oxygen atoms in total. The Balaban J connectivity index is 1.71. The molecule has 4 heteroatoms. The van der Waals surface area contributed by atoms with Gasteiger partial charge in [-0.25, -0.2) is 0 Å². The van der Waals surface area contributed by atoms with Crippen LogP contribution in [0.2, 0.25) is 0 Å². The maximum atomic E-state index is 12.5. The van der Waals surface area contributed by atoms with Gasteiger partial charge in [-0.05, 0) is 49.6 Å². The van der Waals surface area contributed by atoms with Crippen LogP contribution >= 0.6 is 11.8 Å². The van der Waals surface area contributed by atoms with E-state index in [9.17, 15) is 4.79 Å². The summed E-state index contributed by atoms with van der Waals surface area (Å²) in [6.45, 7) is 2.26. The first-order valence-electron chi connectivity index (χ1n) is 12.2. The van der Waals surface area contributed by atoms with Crippen molar-refractivity contribution < 1.29 is 14.3 Å². The van der Waals surface area contributed by atoms with E-state index in [1.807, 2.05) is 12.3 Å². The standard InChI is InChI=1S/C26H42O3S/c1-3-4-5-6-7-8-9-10-11-19-26(27)29-25-18-13-12-17-24(25)22-15-14-16-23(20-22)28-21-30-2/h14-16,20,24-25H,3-13,17-19,21H2,1-2H3. The van der Waals surface area contributed by atoms with E-state index in [1.54, 1.807) is 11.8 Å². The minimum Gasteiger partial charge on any atom is -0.483 e. The van der Waals surface area contributed by atoms with Gasteiger partial charge in [-0.15, -0.1) is 11.8 Å². The van der Waals surface area contributed by atoms with Crippen LogP contribution in [0.1, 0.15) is 108 Å². The molecule has 2 rings (SSSR count). The summed E-state index contributed by atoms with van der Waals surface area (Å²) in [5.74, 6) is 1.85. The second-order valence-corrected chi connectivity index (χ2v) is 9.43. The number of carbonyl (C=O) groups excluding carboxylic acids is 1. The van der Waals surface area contributed by atoms with Gasteiger partial charge in [0.25, 0.3) is 0 Å². The van der Waals surface area contributed by atoms with Crippen molar-refractivity contribution in [2.45, 2.75) is 109 Å². The number of benzene rings is 1. The molecule has 0 heterocycles. The third-order valence-corrected chi connectivity index (χ3v) is 6.45. The van der Waals surface area contributed by atoms with E-state index in [4.69, 9.17) is 9.47 Å². The van der Waals surface area contributed by atoms with Gasteiger partial charge in [0.15, 0.2) is 0 Å². The average Bonchev–Trinajstić information content (AvgIpc) is 2.77. The molecular formula is C26H42O3S. The highest BCUT2D eigenvalue weighted by molar-refractivity contribution is 7.98. The zero-order valence-corrected chi connectivity index (χ0v) is 20.0. The van der Waals surface area contributed by atoms with E-state index in [0.717, 1.165) is 37.9 Å². The first-order valence-corrected chi connectivity index (χ1v) is 13.5. The minimum absolute atomic E-state index is 0.00960. The lowest BCUT2D eigenvalue weighted by molar-refractivity contribution is -0.151. The lowest BCUT2D eigenvalue weighted by Crippen LogP contribution is -2.28. The first-order chi connectivity index (χ1) is 14.7. The molecule has 1 aliphatic rings. The van der Waals surface area contributed by atoms with Gasteiger partial charge in [-0.2, -0.15) is 0 Å². The van der Waals surface area contributed by atoms with Crippen LogP contribution in [0.3, 0.4) is 0 Å². The molecule has 2 atom stereocenters. The Bertz CT molecular complexity index is 589. The summed E-state index contributed by atoms with van der Waals surface area (Å²) in [5, 5.41) is 0. The van der Waals surface area contributed by atoms with E-state index in [-0.39, 0.29) is 12.1 Å². The van der Waals surface area contributed by atoms with E-state index in [1.165, 1.54) is 56.9 Å². The number of hydrogen-bond donors (Lipinski definition) is 0. The summed E-state index contributed by atoms with van der Waals surface area (Å²) < 4.78 is 11.7. The van der Waals surface area contributed by atoms with Crippen molar-refractivity contribution >= 4 is 17.7 Å². The highest BCUT2D eigenvalue weighted by Gasteiger charge is 2.29. The third kappa shape index (κ3) is 9.76. The number of unbranched alkanes of at least 4 members (excludes halogenated alkanes) is 8. The Kier molecular flexibility index (Phi) is 13.1. The van der Waals surface area contributed by atoms with Crippen LogP contribution in [-0.2, 0) is 9.53 Å². The van der Waals surface area contributed by atoms with Gasteiger partial charge in [0, 0.05) is 12.3 Å². The molecule has 0 aromatic heterocycles. The molecule has 0 saturated heterocycles. The van der Waals surface area contributed by atoms with Crippen LogP contribution in [0.25, 0.3) is 0 Å². The number of thioether (sulfide) groups is 1. The number of ether oxygens (including phenoxy) is 2. The molecule has 0 radical (unpaired) electrons. The highest BCUT2D eigenvalue weighted by atomic mass is 32.2. The van der Waals surface area contributed by atoms with Crippen molar-refractivity contribution in [3.8, 4) is 5.75 Å². The van der Waals surface area contributed by atoms with E-state index < -0.39 is 0 Å². The van der Waals surface area contributed by atoms with Gasteiger partial charge in [0.1, 0.15) is 17.8 Å². The third-order valence-electron chi connectivity index (χ3n) is 6.10. The summed E-state index contributed by atoms with van der Waals surface area (Å²) in [6.07, 6.45) is 18.4. The van der Waals surface area contributed by atoms with Gasteiger partial charge < -0.3 is 9.47 Å². The molecule has 1 aromatic carbocycles. The quantitative estimate of drug-likeness (QED) is 0.160. The average molecular weight is 435 g/mol. The summed E-state index contributed by atoms with van der Waals surface area (Å²) >= 11 is 1.67. The molecule has 1 aliphatic carbocycles. The Hall–Kier alpha value is -1.16. The predicted octanol–water partition coefficient (Wildman–Crippen LogP) is 7.88. The van der Waals surface area contributed by atoms with Crippen LogP contribution in [0.4, 0.5) is 0 Å². The van der Waals surface area contributed by atoms with E-state index in [0.29, 0.717) is 18.3 Å². The lowest BCUT2D eigenvalue weighted by atomic mass is 9.81. The highest BCUT2D eigenvalue weighted by Crippen LogP contribution is 2.36. The fourth-order valence-electron chi connectivity index (χ4n) is 4.39. The molecule has 0 amide bonds. The van der Waals surface area contributed by atoms with Gasteiger partial charge in [0.2, 0.25) is 0 Å². The Morgan fingerprint density at radius 2 is 1.70 bits per heavy atom. The molecule has 0 bridgehead atoms. The fourth-order valence-corrected chi connectivity index (χ4v) is 4.64. The van der Waals surface area contributed by atoms with E-state index >= 15 is 0 Å². The molecule has 2 unspecified atom stereocenters. The fraction of sp³-hybridized carbons (Fsp3) is 0.731. The number of carbonyl (C=O) groups is 1. The minimum atomic E-state index is -0.00960. The molecular weight excluding hydrogens is 392 g/mol. The van der Waals surface area contributed by atoms with Crippen LogP contribution in [-0.4, -0.2) is 24.3 Å². The SMILES string of the molecule is CCCCCCCCCCCC(=O)OC1CCCCC1c1cccc(OCSC)c1. The summed E-state index contributed by atoms with van der Waals surface area (Å²) in [5.41, 5.74) is 1.24. The van der Waals surface area contributed by atoms with Gasteiger partial charge in [0.05, 0.1) is 0 Å². The molecule has 170 valence electrons. The van der Waals surface area contributed by atoms with Gasteiger partial charge in [-0.1, -0.05) is 76.8 Å². The van der Waals surface area contributed by atoms with Crippen molar-refractivity contribution in [3.05, 3.63) is 29.8 Å². The lowest BCUT2D eigenvalue weighted by Gasteiger charge is -2.31. The molecule has 1 aromatic rings. The summed E-state index contributed by atoms with van der Waals surface area (Å²) in [4.78, 5) is 12.5. The van der Waals surface area contributed by atoms with Crippen LogP contribution < -0.4 is 4.74 Å². The zero-order chi connectivity index (χ0) is 21.4. The summed E-state index contributed by atoms with van der Waals surface area (Å²) in [7, 11) is 0. The predicted molar refractivity (Wildman–Crippen MR) is 128 cm³/mol. The largest absolute Gasteiger partial charge is 0.483 e. The normalized spacial score (nSPS) is 18.9. The van der Waals surface area contributed by atoms with E-state index in [2.05, 4.69) is 25.1 Å². The van der Waals surface area contributed by atoms with Crippen molar-refractivity contribution in [3.63, 3.8) is 0 Å². The van der Waals surface area contributed by atoms with Crippen LogP contribution in [0, 0.1) is 0 Å². The van der Waals surface area contributed by atoms with Crippen molar-refractivity contribution in [2.24, 2.45) is 0 Å². The second-order valence-electron chi connectivity index (χ2n) is 8.62. The molecule has 0 N–H and O–H groups in total. The molecule has 1 fully saturated rings. The molecule has 30 heavy (non-hydrogen) atoms. The molecule has 1 saturated carbocycles. The van der Waals surface area contributed by atoms with Gasteiger partial charge in [-0.3, -0.25) is 4.79 Å². The Labute approximate surface area is 188 Å². The maximum absolute atomic E-state index is 12.5. The Morgan fingerprint density at radius 1 is 1.00 bits per heavy atom. The van der Waals surface area contributed by atoms with Crippen molar-refractivity contribution in [2.75, 3.05) is 12.2 Å². The number of esters is 1. The maximum Gasteiger partial charge on any atom is 0.306 e. The topological polar surface area (TPSA) is 35.5 Å². The van der Waals surface area contributed by atoms with Crippen molar-refractivity contribution in [1.82, 2.24) is 0 Å². The molecule has 0 spiro atoms. The Morgan fingerprint density at radius 3 is 2.43 bits per heavy atom. The molecule has 0 aliphatic heterocycles. The van der Waals surface area contributed by atoms with Crippen LogP contribution in [0.5, 0.6) is 5.75 Å². The second kappa shape index (κ2) is 15.6. The number of rotatable bonds is 15. The zero-order valence-electron chi connectivity index (χ0n) is 19.2. The van der Waals surface area contributed by atoms with Crippen LogP contribution in [0.15, 0.2) is 24.3 Å². The number of hydrogen-bond acceptors (Lipinski definition) is 4. The first kappa shape index (κ1) is 25.1. The van der Waals surface area contributed by atoms with Crippen molar-refractivity contribution in [1.29, 1.82) is 0 Å². The summed E-state index contributed by atoms with van der Waals surface area (Å²) in [6, 6.07) is 8.35.